The fraction of sp³-hybridized carbons (Fsp3) is 0.667. The maximum absolute atomic E-state index is 11.5. The van der Waals surface area contributed by atoms with E-state index in [4.69, 9.17) is 4.52 Å². The van der Waals surface area contributed by atoms with Gasteiger partial charge in [-0.3, -0.25) is 4.57 Å². The second kappa shape index (κ2) is 3.36. The molecule has 0 radical (unpaired) electrons. The molecular formula is C6H8FO3P. The van der Waals surface area contributed by atoms with Crippen LogP contribution in [0.4, 0.5) is 4.39 Å². The van der Waals surface area contributed by atoms with Crippen LogP contribution >= 0.6 is 7.60 Å². The van der Waals surface area contributed by atoms with Gasteiger partial charge in [0, 0.05) is 7.11 Å². The minimum atomic E-state index is -2.91. The van der Waals surface area contributed by atoms with Crippen LogP contribution in [0.5, 0.6) is 0 Å². The Balaban J connectivity index is 2.58. The van der Waals surface area contributed by atoms with E-state index in [0.29, 0.717) is 0 Å². The standard InChI is InChI=1S/C6H8FO3P/c1-9-11(8)5-6(2-3-7)4-10-11/h6H,4-5H2,1H3. The van der Waals surface area contributed by atoms with Gasteiger partial charge in [0.2, 0.25) is 0 Å². The van der Waals surface area contributed by atoms with Gasteiger partial charge in [0.05, 0.1) is 18.7 Å². The molecule has 1 aliphatic heterocycles. The van der Waals surface area contributed by atoms with Gasteiger partial charge in [0.25, 0.3) is 0 Å². The monoisotopic (exact) mass is 178 g/mol. The Kier molecular flexibility index (Phi) is 2.67. The molecule has 0 aromatic heterocycles. The number of halogens is 1. The summed E-state index contributed by atoms with van der Waals surface area (Å²) in [6.45, 7) is 0.196. The summed E-state index contributed by atoms with van der Waals surface area (Å²) in [5.74, 6) is 1.95. The first-order valence-electron chi connectivity index (χ1n) is 3.11. The van der Waals surface area contributed by atoms with Crippen LogP contribution < -0.4 is 0 Å². The van der Waals surface area contributed by atoms with E-state index in [1.54, 1.807) is 0 Å². The molecule has 1 aliphatic rings. The Morgan fingerprint density at radius 1 is 1.82 bits per heavy atom. The lowest BCUT2D eigenvalue weighted by Crippen LogP contribution is -1.97. The zero-order valence-electron chi connectivity index (χ0n) is 6.04. The molecule has 0 aromatic rings. The molecule has 1 rings (SSSR count). The van der Waals surface area contributed by atoms with Crippen LogP contribution in [0.15, 0.2) is 0 Å². The van der Waals surface area contributed by atoms with Crippen LogP contribution in [-0.4, -0.2) is 19.9 Å². The van der Waals surface area contributed by atoms with Crippen LogP contribution in [0, 0.1) is 18.0 Å². The van der Waals surface area contributed by atoms with Gasteiger partial charge in [0.1, 0.15) is 6.17 Å². The molecule has 3 nitrogen and oxygen atoms in total. The average Bonchev–Trinajstić information content (AvgIpc) is 2.35. The van der Waals surface area contributed by atoms with Gasteiger partial charge >= 0.3 is 7.60 Å². The zero-order valence-corrected chi connectivity index (χ0v) is 6.94. The molecule has 0 bridgehead atoms. The van der Waals surface area contributed by atoms with Crippen molar-refractivity contribution in [3.05, 3.63) is 0 Å². The summed E-state index contributed by atoms with van der Waals surface area (Å²) < 4.78 is 32.1. The minimum Gasteiger partial charge on any atom is -0.312 e. The lowest BCUT2D eigenvalue weighted by Gasteiger charge is -2.04. The zero-order chi connectivity index (χ0) is 8.32. The lowest BCUT2D eigenvalue weighted by atomic mass is 10.2. The highest BCUT2D eigenvalue weighted by Crippen LogP contribution is 2.53. The highest BCUT2D eigenvalue weighted by Gasteiger charge is 2.35. The van der Waals surface area contributed by atoms with Crippen molar-refractivity contribution in [3.63, 3.8) is 0 Å². The van der Waals surface area contributed by atoms with Gasteiger partial charge in [-0.15, -0.1) is 4.39 Å². The van der Waals surface area contributed by atoms with Gasteiger partial charge in [-0.1, -0.05) is 5.92 Å². The number of hydrogen-bond acceptors (Lipinski definition) is 3. The summed E-state index contributed by atoms with van der Waals surface area (Å²) in [6.07, 6.45) is 1.46. The number of hydrogen-bond donors (Lipinski definition) is 0. The normalized spacial score (nSPS) is 36.4. The Morgan fingerprint density at radius 3 is 3.00 bits per heavy atom. The summed E-state index contributed by atoms with van der Waals surface area (Å²) >= 11 is 0. The van der Waals surface area contributed by atoms with Crippen molar-refractivity contribution in [1.82, 2.24) is 0 Å². The second-order valence-electron chi connectivity index (χ2n) is 2.21. The van der Waals surface area contributed by atoms with Crippen molar-refractivity contribution in [2.45, 2.75) is 0 Å². The van der Waals surface area contributed by atoms with Crippen molar-refractivity contribution in [2.75, 3.05) is 19.9 Å². The Morgan fingerprint density at radius 2 is 2.55 bits per heavy atom. The fourth-order valence-corrected chi connectivity index (χ4v) is 2.37. The highest BCUT2D eigenvalue weighted by molar-refractivity contribution is 7.54. The SMILES string of the molecule is COP1(=O)CC(C#CF)CO1. The third-order valence-electron chi connectivity index (χ3n) is 1.45. The van der Waals surface area contributed by atoms with E-state index in [-0.39, 0.29) is 18.7 Å². The van der Waals surface area contributed by atoms with E-state index < -0.39 is 7.60 Å². The Bertz CT molecular complexity index is 242. The largest absolute Gasteiger partial charge is 0.331 e. The maximum Gasteiger partial charge on any atom is 0.331 e. The molecule has 1 fully saturated rings. The molecule has 1 saturated heterocycles. The average molecular weight is 178 g/mol. The third kappa shape index (κ3) is 2.03. The van der Waals surface area contributed by atoms with E-state index in [1.807, 2.05) is 0 Å². The van der Waals surface area contributed by atoms with E-state index in [0.717, 1.165) is 0 Å². The van der Waals surface area contributed by atoms with Gasteiger partial charge in [-0.05, 0) is 0 Å². The molecule has 5 heteroatoms. The van der Waals surface area contributed by atoms with Crippen LogP contribution in [0.2, 0.25) is 0 Å². The quantitative estimate of drug-likeness (QED) is 0.449. The molecule has 62 valence electrons. The van der Waals surface area contributed by atoms with Crippen LogP contribution in [-0.2, 0) is 13.6 Å². The predicted molar refractivity (Wildman–Crippen MR) is 37.8 cm³/mol. The molecule has 2 atom stereocenters. The van der Waals surface area contributed by atoms with Gasteiger partial charge < -0.3 is 9.05 Å². The molecular weight excluding hydrogens is 170 g/mol. The molecule has 0 saturated carbocycles. The van der Waals surface area contributed by atoms with E-state index >= 15 is 0 Å². The first-order chi connectivity index (χ1) is 5.20. The molecule has 0 aromatic carbocycles. The van der Waals surface area contributed by atoms with Gasteiger partial charge in [-0.25, -0.2) is 0 Å². The van der Waals surface area contributed by atoms with E-state index in [9.17, 15) is 8.96 Å². The first-order valence-corrected chi connectivity index (χ1v) is 4.83. The summed E-state index contributed by atoms with van der Waals surface area (Å²) in [5, 5.41) is 0. The van der Waals surface area contributed by atoms with Crippen LogP contribution in [0.1, 0.15) is 0 Å². The second-order valence-corrected chi connectivity index (χ2v) is 4.42. The minimum absolute atomic E-state index is 0.195. The third-order valence-corrected chi connectivity index (χ3v) is 3.44. The molecule has 0 aliphatic carbocycles. The Labute approximate surface area is 64.4 Å². The van der Waals surface area contributed by atoms with Crippen LogP contribution in [0.3, 0.4) is 0 Å². The summed E-state index contributed by atoms with van der Waals surface area (Å²) in [7, 11) is -1.59. The molecule has 0 amide bonds. The molecule has 2 unspecified atom stereocenters. The number of rotatable bonds is 1. The lowest BCUT2D eigenvalue weighted by molar-refractivity contribution is 0.259. The van der Waals surface area contributed by atoms with Crippen molar-refractivity contribution < 1.29 is 18.0 Å². The van der Waals surface area contributed by atoms with E-state index in [2.05, 4.69) is 10.4 Å². The summed E-state index contributed by atoms with van der Waals surface area (Å²) in [6, 6.07) is 0. The van der Waals surface area contributed by atoms with Gasteiger partial charge in [0.15, 0.2) is 0 Å². The summed E-state index contributed by atoms with van der Waals surface area (Å²) in [5.41, 5.74) is 0. The molecule has 1 heterocycles. The maximum atomic E-state index is 11.5. The predicted octanol–water partition coefficient (Wildman–Crippen LogP) is 1.40. The van der Waals surface area contributed by atoms with Crippen molar-refractivity contribution in [1.29, 1.82) is 0 Å². The first kappa shape index (κ1) is 8.73. The van der Waals surface area contributed by atoms with Gasteiger partial charge in [-0.2, -0.15) is 0 Å². The molecule has 0 spiro atoms. The smallest absolute Gasteiger partial charge is 0.312 e. The topological polar surface area (TPSA) is 35.5 Å². The van der Waals surface area contributed by atoms with Crippen molar-refractivity contribution in [3.8, 4) is 12.1 Å². The molecule has 11 heavy (non-hydrogen) atoms. The summed E-state index contributed by atoms with van der Waals surface area (Å²) in [4.78, 5) is 0. The fourth-order valence-electron chi connectivity index (χ4n) is 0.871. The van der Waals surface area contributed by atoms with Crippen molar-refractivity contribution in [2.24, 2.45) is 5.92 Å². The van der Waals surface area contributed by atoms with E-state index in [1.165, 1.54) is 13.3 Å². The van der Waals surface area contributed by atoms with Crippen molar-refractivity contribution >= 4 is 7.60 Å². The van der Waals surface area contributed by atoms with Crippen LogP contribution in [0.25, 0.3) is 0 Å². The Hall–Kier alpha value is -0.360. The highest BCUT2D eigenvalue weighted by atomic mass is 31.2. The molecule has 0 N–H and O–H groups in total.